The quantitative estimate of drug-likeness (QED) is 0.306. The lowest BCUT2D eigenvalue weighted by atomic mass is 9.85. The summed E-state index contributed by atoms with van der Waals surface area (Å²) < 4.78 is 11.8. The molecule has 0 radical (unpaired) electrons. The Morgan fingerprint density at radius 3 is 2.65 bits per heavy atom. The van der Waals surface area contributed by atoms with Gasteiger partial charge >= 0.3 is 12.0 Å². The van der Waals surface area contributed by atoms with E-state index >= 15 is 0 Å². The number of rotatable bonds is 9. The van der Waals surface area contributed by atoms with Crippen LogP contribution in [0.3, 0.4) is 0 Å². The number of carbonyl (C=O) groups is 1. The normalized spacial score (nSPS) is 29.4. The number of nitriles is 1. The highest BCUT2D eigenvalue weighted by Crippen LogP contribution is 2.60. The van der Waals surface area contributed by atoms with Crippen molar-refractivity contribution in [3.8, 4) is 12.1 Å². The van der Waals surface area contributed by atoms with E-state index in [1.807, 2.05) is 27.7 Å². The fourth-order valence-corrected chi connectivity index (χ4v) is 5.93. The summed E-state index contributed by atoms with van der Waals surface area (Å²) in [6, 6.07) is 3.00. The number of hydrogen-bond donors (Lipinski definition) is 0. The molecule has 0 aromatic carbocycles. The maximum Gasteiger partial charge on any atom is 0.328 e. The molecule has 1 aromatic heterocycles. The van der Waals surface area contributed by atoms with Gasteiger partial charge in [-0.15, -0.1) is 0 Å². The number of ether oxygens (including phenoxy) is 2. The largest absolute Gasteiger partial charge is 0.463 e. The minimum atomic E-state index is -0.609. The van der Waals surface area contributed by atoms with E-state index in [9.17, 15) is 10.1 Å². The monoisotopic (exact) mass is 469 g/mol. The number of aryl methyl sites for hydroxylation is 1. The van der Waals surface area contributed by atoms with Gasteiger partial charge in [0, 0.05) is 36.8 Å². The summed E-state index contributed by atoms with van der Waals surface area (Å²) in [6.45, 7) is 14.1. The van der Waals surface area contributed by atoms with Crippen LogP contribution in [-0.4, -0.2) is 63.8 Å². The van der Waals surface area contributed by atoms with Crippen LogP contribution in [0.15, 0.2) is 0 Å². The first-order chi connectivity index (χ1) is 16.2. The maximum atomic E-state index is 13.4. The Bertz CT molecular complexity index is 968. The minimum Gasteiger partial charge on any atom is -0.463 e. The second kappa shape index (κ2) is 9.33. The van der Waals surface area contributed by atoms with Gasteiger partial charge in [0.2, 0.25) is 0 Å². The number of unbranched alkanes of at least 4 members (excludes halogenated alkanes) is 2. The summed E-state index contributed by atoms with van der Waals surface area (Å²) in [5.74, 6) is 0.911. The third-order valence-electron chi connectivity index (χ3n) is 7.47. The molecule has 4 rings (SSSR count). The van der Waals surface area contributed by atoms with Gasteiger partial charge in [0.15, 0.2) is 0 Å². The zero-order valence-electron chi connectivity index (χ0n) is 21.6. The molecule has 8 nitrogen and oxygen atoms in total. The topological polar surface area (TPSA) is 91.4 Å². The summed E-state index contributed by atoms with van der Waals surface area (Å²) in [5.41, 5.74) is 0.915. The average molecular weight is 470 g/mol. The van der Waals surface area contributed by atoms with E-state index in [0.717, 1.165) is 49.3 Å². The van der Waals surface area contributed by atoms with E-state index in [1.54, 1.807) is 0 Å². The van der Waals surface area contributed by atoms with Gasteiger partial charge in [0.1, 0.15) is 17.0 Å². The zero-order chi connectivity index (χ0) is 24.7. The number of nitrogens with zero attached hydrogens (tertiary/aromatic N) is 5. The lowest BCUT2D eigenvalue weighted by Gasteiger charge is -2.37. The molecule has 3 aliphatic heterocycles. The first kappa shape index (κ1) is 24.7. The SMILES string of the molecule is CCCCCOc1nc(C)c(CC)c(N2CC3[C@H](CC#N)CC4(C(=O)OC(C)(C)C)[C@H](C2)N34)n1. The Balaban J connectivity index is 1.61. The number of piperazine rings is 1. The summed E-state index contributed by atoms with van der Waals surface area (Å²) >= 11 is 0. The highest BCUT2D eigenvalue weighted by Gasteiger charge is 2.78. The molecule has 186 valence electrons. The number of anilines is 1. The molecule has 8 heteroatoms. The van der Waals surface area contributed by atoms with E-state index < -0.39 is 11.1 Å². The molecule has 3 aliphatic rings. The lowest BCUT2D eigenvalue weighted by Crippen LogP contribution is -2.49. The smallest absolute Gasteiger partial charge is 0.328 e. The Morgan fingerprint density at radius 1 is 1.24 bits per heavy atom. The number of hydrogen-bond acceptors (Lipinski definition) is 8. The number of esters is 1. The highest BCUT2D eigenvalue weighted by molar-refractivity contribution is 5.88. The van der Waals surface area contributed by atoms with Crippen molar-refractivity contribution in [3.05, 3.63) is 11.3 Å². The highest BCUT2D eigenvalue weighted by atomic mass is 16.6. The Labute approximate surface area is 203 Å². The molecule has 0 aliphatic carbocycles. The third-order valence-corrected chi connectivity index (χ3v) is 7.47. The lowest BCUT2D eigenvalue weighted by molar-refractivity contribution is -0.159. The Hall–Kier alpha value is -2.40. The molecular formula is C26H39N5O3. The van der Waals surface area contributed by atoms with Gasteiger partial charge in [0.05, 0.1) is 18.7 Å². The van der Waals surface area contributed by atoms with Crippen molar-refractivity contribution in [3.63, 3.8) is 0 Å². The molecule has 0 spiro atoms. The molecule has 3 fully saturated rings. The van der Waals surface area contributed by atoms with Gasteiger partial charge in [-0.25, -0.2) is 9.78 Å². The number of carbonyl (C=O) groups excluding carboxylic acids is 1. The predicted molar refractivity (Wildman–Crippen MR) is 130 cm³/mol. The first-order valence-electron chi connectivity index (χ1n) is 12.8. The van der Waals surface area contributed by atoms with E-state index in [1.165, 1.54) is 0 Å². The molecule has 0 saturated carbocycles. The van der Waals surface area contributed by atoms with Crippen LogP contribution >= 0.6 is 0 Å². The van der Waals surface area contributed by atoms with Crippen LogP contribution in [0.4, 0.5) is 5.82 Å². The van der Waals surface area contributed by atoms with Crippen molar-refractivity contribution in [2.45, 2.75) is 103 Å². The van der Waals surface area contributed by atoms with Crippen LogP contribution in [-0.2, 0) is 16.0 Å². The number of piperidine rings is 1. The molecule has 3 unspecified atom stereocenters. The Kier molecular flexibility index (Phi) is 6.78. The number of aromatic nitrogens is 2. The van der Waals surface area contributed by atoms with Gasteiger partial charge in [-0.05, 0) is 52.9 Å². The van der Waals surface area contributed by atoms with Crippen molar-refractivity contribution in [1.82, 2.24) is 14.9 Å². The van der Waals surface area contributed by atoms with E-state index in [2.05, 4.69) is 34.7 Å². The minimum absolute atomic E-state index is 0.0879. The maximum absolute atomic E-state index is 13.4. The molecule has 0 N–H and O–H groups in total. The van der Waals surface area contributed by atoms with Crippen LogP contribution in [0.5, 0.6) is 6.01 Å². The van der Waals surface area contributed by atoms with Gasteiger partial charge in [-0.2, -0.15) is 10.2 Å². The van der Waals surface area contributed by atoms with Gasteiger partial charge in [-0.3, -0.25) is 4.90 Å². The summed E-state index contributed by atoms with van der Waals surface area (Å²) in [5, 5.41) is 9.46. The second-order valence-electron chi connectivity index (χ2n) is 11.0. The standard InChI is InChI=1S/C26H39N5O3/c1-7-9-10-13-33-24-28-17(3)19(8-2)22(29-24)30-15-20-18(11-12-27)14-26(21(16-30)31(20)26)23(32)34-25(4,5)6/h18,20-21H,7-11,13-16H2,1-6H3/t18-,20?,21+,26?,31?/m1/s1. The molecule has 3 saturated heterocycles. The molecule has 0 bridgehead atoms. The van der Waals surface area contributed by atoms with Crippen molar-refractivity contribution < 1.29 is 14.3 Å². The van der Waals surface area contributed by atoms with Crippen molar-refractivity contribution in [1.29, 1.82) is 5.26 Å². The Morgan fingerprint density at radius 2 is 2.00 bits per heavy atom. The van der Waals surface area contributed by atoms with Crippen molar-refractivity contribution in [2.24, 2.45) is 5.92 Å². The zero-order valence-corrected chi connectivity index (χ0v) is 21.6. The van der Waals surface area contributed by atoms with E-state index in [4.69, 9.17) is 14.5 Å². The predicted octanol–water partition coefficient (Wildman–Crippen LogP) is 3.80. The van der Waals surface area contributed by atoms with Gasteiger partial charge in [-0.1, -0.05) is 26.7 Å². The van der Waals surface area contributed by atoms with Crippen molar-refractivity contribution >= 4 is 11.8 Å². The van der Waals surface area contributed by atoms with E-state index in [0.29, 0.717) is 32.0 Å². The van der Waals surface area contributed by atoms with Gasteiger partial charge < -0.3 is 14.4 Å². The number of fused-ring (bicyclic) bond motifs is 1. The summed E-state index contributed by atoms with van der Waals surface area (Å²) in [6.07, 6.45) is 5.22. The average Bonchev–Trinajstić information content (AvgIpc) is 3.29. The fourth-order valence-electron chi connectivity index (χ4n) is 5.93. The molecule has 5 atom stereocenters. The van der Waals surface area contributed by atoms with Gasteiger partial charge in [0.25, 0.3) is 0 Å². The van der Waals surface area contributed by atoms with E-state index in [-0.39, 0.29) is 24.0 Å². The second-order valence-corrected chi connectivity index (χ2v) is 11.0. The van der Waals surface area contributed by atoms with Crippen LogP contribution < -0.4 is 9.64 Å². The first-order valence-corrected chi connectivity index (χ1v) is 12.8. The molecule has 0 amide bonds. The van der Waals surface area contributed by atoms with Crippen molar-refractivity contribution in [2.75, 3.05) is 24.6 Å². The molecular weight excluding hydrogens is 430 g/mol. The van der Waals surface area contributed by atoms with Crippen LogP contribution in [0.1, 0.15) is 78.0 Å². The van der Waals surface area contributed by atoms with Crippen LogP contribution in [0.2, 0.25) is 0 Å². The molecule has 34 heavy (non-hydrogen) atoms. The fraction of sp³-hybridized carbons (Fsp3) is 0.769. The third kappa shape index (κ3) is 4.35. The molecule has 4 heterocycles. The van der Waals surface area contributed by atoms with Crippen LogP contribution in [0, 0.1) is 24.2 Å². The van der Waals surface area contributed by atoms with Crippen LogP contribution in [0.25, 0.3) is 0 Å². The summed E-state index contributed by atoms with van der Waals surface area (Å²) in [4.78, 5) is 27.4. The molecule has 1 aromatic rings. The summed E-state index contributed by atoms with van der Waals surface area (Å²) in [7, 11) is 0.